The van der Waals surface area contributed by atoms with Crippen molar-refractivity contribution in [1.29, 1.82) is 0 Å². The molecule has 16 N–H and O–H groups in total. The fourth-order valence-corrected chi connectivity index (χ4v) is 0. The van der Waals surface area contributed by atoms with Gasteiger partial charge in [-0.3, -0.25) is 0 Å². The Balaban J connectivity index is -0.0000000469. The largest absolute Gasteiger partial charge is 0.395 e. The molecule has 0 aromatic heterocycles. The lowest BCUT2D eigenvalue weighted by atomic mass is 10.7. The molecule has 0 rings (SSSR count). The molecule has 0 heterocycles. The molecule has 0 fully saturated rings. The smallest absolute Gasteiger partial charge is 0.0553 e. The van der Waals surface area contributed by atoms with E-state index in [-0.39, 0.29) is 26.4 Å². The van der Waals surface area contributed by atoms with Crippen molar-refractivity contribution in [2.24, 2.45) is 34.4 Å². The zero-order chi connectivity index (χ0) is 17.1. The van der Waals surface area contributed by atoms with Crippen molar-refractivity contribution >= 4 is 0 Å². The maximum absolute atomic E-state index is 7.75. The zero-order valence-corrected chi connectivity index (χ0v) is 12.3. The maximum Gasteiger partial charge on any atom is 0.0553 e. The molecule has 0 bridgehead atoms. The van der Waals surface area contributed by atoms with E-state index in [1.54, 1.807) is 0 Å². The summed E-state index contributed by atoms with van der Waals surface area (Å²) in [4.78, 5) is 0. The van der Waals surface area contributed by atoms with Crippen LogP contribution in [0, 0.1) is 0 Å². The Hall–Kier alpha value is -0.400. The number of hydrogen-bond acceptors (Lipinski definition) is 10. The Morgan fingerprint density at radius 2 is 0.450 bits per heavy atom. The minimum absolute atomic E-state index is 0.0972. The van der Waals surface area contributed by atoms with E-state index in [1.165, 1.54) is 0 Å². The Morgan fingerprint density at radius 1 is 0.350 bits per heavy atom. The van der Waals surface area contributed by atoms with Gasteiger partial charge in [-0.15, -0.1) is 0 Å². The van der Waals surface area contributed by atoms with Gasteiger partial charge in [-0.05, 0) is 0 Å². The normalized spacial score (nSPS) is 7.50. The molecule has 0 atom stereocenters. The van der Waals surface area contributed by atoms with Gasteiger partial charge in [0.05, 0.1) is 26.4 Å². The standard InChI is InChI=1S/C2H8N2.4C2H7NO/c5*3-1-2-4/h1-4H2;4*4H,1-3H2. The van der Waals surface area contributed by atoms with Crippen molar-refractivity contribution in [3.63, 3.8) is 0 Å². The molecular weight excluding hydrogens is 268 g/mol. The van der Waals surface area contributed by atoms with Crippen molar-refractivity contribution in [3.05, 3.63) is 0 Å². The molecule has 10 nitrogen and oxygen atoms in total. The molecule has 0 aliphatic carbocycles. The van der Waals surface area contributed by atoms with Gasteiger partial charge in [-0.2, -0.15) is 0 Å². The molecule has 20 heavy (non-hydrogen) atoms. The summed E-state index contributed by atoms with van der Waals surface area (Å²) in [6.45, 7) is 3.08. The second-order valence-electron chi connectivity index (χ2n) is 2.63. The van der Waals surface area contributed by atoms with E-state index >= 15 is 0 Å². The number of nitrogens with two attached hydrogens (primary N) is 6. The van der Waals surface area contributed by atoms with Gasteiger partial charge in [0.15, 0.2) is 0 Å². The summed E-state index contributed by atoms with van der Waals surface area (Å²) in [7, 11) is 0. The summed E-state index contributed by atoms with van der Waals surface area (Å²) in [6.07, 6.45) is 0. The first-order chi connectivity index (χ1) is 9.57. The first kappa shape index (κ1) is 31.8. The topological polar surface area (TPSA) is 237 Å². The summed E-state index contributed by atoms with van der Waals surface area (Å²) >= 11 is 0. The molecule has 0 aliphatic heterocycles. The third kappa shape index (κ3) is 229. The number of aliphatic hydroxyl groups is 4. The summed E-state index contributed by atoms with van der Waals surface area (Å²) in [6, 6.07) is 0. The van der Waals surface area contributed by atoms with Crippen molar-refractivity contribution in [3.8, 4) is 0 Å². The molecule has 0 radical (unpaired) electrons. The summed E-state index contributed by atoms with van der Waals surface area (Å²) in [5.74, 6) is 0. The minimum atomic E-state index is 0.0972. The van der Waals surface area contributed by atoms with Crippen LogP contribution >= 0.6 is 0 Å². The predicted molar refractivity (Wildman–Crippen MR) is 82.7 cm³/mol. The molecule has 0 saturated carbocycles. The first-order valence-electron chi connectivity index (χ1n) is 6.21. The number of aliphatic hydroxyl groups excluding tert-OH is 4. The first-order valence-corrected chi connectivity index (χ1v) is 6.21. The van der Waals surface area contributed by atoms with E-state index in [2.05, 4.69) is 0 Å². The van der Waals surface area contributed by atoms with Gasteiger partial charge < -0.3 is 54.8 Å². The van der Waals surface area contributed by atoms with Crippen LogP contribution in [0.4, 0.5) is 0 Å². The van der Waals surface area contributed by atoms with E-state index in [0.29, 0.717) is 39.3 Å². The van der Waals surface area contributed by atoms with Crippen LogP contribution in [0.25, 0.3) is 0 Å². The van der Waals surface area contributed by atoms with Crippen LogP contribution in [0.1, 0.15) is 0 Å². The van der Waals surface area contributed by atoms with Crippen LogP contribution in [0.2, 0.25) is 0 Å². The monoisotopic (exact) mass is 304 g/mol. The van der Waals surface area contributed by atoms with Crippen LogP contribution in [0.15, 0.2) is 0 Å². The Labute approximate surface area is 121 Å². The highest BCUT2D eigenvalue weighted by Crippen LogP contribution is 1.34. The molecule has 0 saturated heterocycles. The molecule has 0 aromatic rings. The lowest BCUT2D eigenvalue weighted by Gasteiger charge is -1.72. The van der Waals surface area contributed by atoms with Gasteiger partial charge in [0.1, 0.15) is 0 Å². The van der Waals surface area contributed by atoms with E-state index in [1.807, 2.05) is 0 Å². The van der Waals surface area contributed by atoms with Gasteiger partial charge in [0.2, 0.25) is 0 Å². The van der Waals surface area contributed by atoms with E-state index in [4.69, 9.17) is 54.8 Å². The lowest BCUT2D eigenvalue weighted by Crippen LogP contribution is -2.11. The summed E-state index contributed by atoms with van der Waals surface area (Å²) < 4.78 is 0. The van der Waals surface area contributed by atoms with Crippen LogP contribution in [0.5, 0.6) is 0 Å². The second-order valence-corrected chi connectivity index (χ2v) is 2.63. The third-order valence-corrected chi connectivity index (χ3v) is 0.683. The van der Waals surface area contributed by atoms with Crippen LogP contribution in [0.3, 0.4) is 0 Å². The molecule has 0 aromatic carbocycles. The fraction of sp³-hybridized carbons (Fsp3) is 1.00. The second kappa shape index (κ2) is 62.5. The van der Waals surface area contributed by atoms with Gasteiger partial charge >= 0.3 is 0 Å². The Morgan fingerprint density at radius 3 is 0.450 bits per heavy atom. The fourth-order valence-electron chi connectivity index (χ4n) is 0. The van der Waals surface area contributed by atoms with Crippen molar-refractivity contribution in [2.75, 3.05) is 65.7 Å². The van der Waals surface area contributed by atoms with Crippen LogP contribution in [-0.2, 0) is 0 Å². The third-order valence-electron chi connectivity index (χ3n) is 0.683. The average Bonchev–Trinajstić information content (AvgIpc) is 2.55. The SMILES string of the molecule is NCCN.NCCO.NCCO.NCCO.NCCO. The van der Waals surface area contributed by atoms with Crippen molar-refractivity contribution < 1.29 is 20.4 Å². The van der Waals surface area contributed by atoms with E-state index in [0.717, 1.165) is 0 Å². The number of rotatable bonds is 5. The predicted octanol–water partition coefficient (Wildman–Crippen LogP) is -5.35. The van der Waals surface area contributed by atoms with Gasteiger partial charge in [-0.25, -0.2) is 0 Å². The average molecular weight is 304 g/mol. The van der Waals surface area contributed by atoms with Gasteiger partial charge in [0.25, 0.3) is 0 Å². The molecule has 130 valence electrons. The lowest BCUT2D eigenvalue weighted by molar-refractivity contribution is 0.306. The molecule has 0 aliphatic rings. The molecule has 0 spiro atoms. The summed E-state index contributed by atoms with van der Waals surface area (Å²) in [5, 5.41) is 31.0. The number of hydrogen-bond donors (Lipinski definition) is 10. The van der Waals surface area contributed by atoms with Crippen molar-refractivity contribution in [2.45, 2.75) is 0 Å². The van der Waals surface area contributed by atoms with E-state index < -0.39 is 0 Å². The van der Waals surface area contributed by atoms with Crippen LogP contribution in [-0.4, -0.2) is 86.1 Å². The summed E-state index contributed by atoms with van der Waals surface area (Å²) in [5.41, 5.74) is 28.9. The van der Waals surface area contributed by atoms with Crippen molar-refractivity contribution in [1.82, 2.24) is 0 Å². The highest BCUT2D eigenvalue weighted by atomic mass is 16.3. The molecular formula is C10H36N6O4. The highest BCUT2D eigenvalue weighted by molar-refractivity contribution is 4.26. The zero-order valence-electron chi connectivity index (χ0n) is 12.3. The quantitative estimate of drug-likeness (QED) is 0.231. The molecule has 0 unspecified atom stereocenters. The molecule has 10 heteroatoms. The highest BCUT2D eigenvalue weighted by Gasteiger charge is 1.57. The minimum Gasteiger partial charge on any atom is -0.395 e. The van der Waals surface area contributed by atoms with E-state index in [9.17, 15) is 0 Å². The molecule has 0 amide bonds. The Bertz CT molecular complexity index is 62.9. The maximum atomic E-state index is 7.75. The van der Waals surface area contributed by atoms with Gasteiger partial charge in [0, 0.05) is 39.3 Å². The van der Waals surface area contributed by atoms with Crippen LogP contribution < -0.4 is 34.4 Å². The van der Waals surface area contributed by atoms with Gasteiger partial charge in [-0.1, -0.05) is 0 Å². The Kier molecular flexibility index (Phi) is 99.4.